The summed E-state index contributed by atoms with van der Waals surface area (Å²) in [6.45, 7) is -0.184. The van der Waals surface area contributed by atoms with Gasteiger partial charge in [0, 0.05) is 5.56 Å². The number of benzene rings is 1. The summed E-state index contributed by atoms with van der Waals surface area (Å²) in [4.78, 5) is 3.91. The molecule has 0 spiro atoms. The minimum absolute atomic E-state index is 0.184. The van der Waals surface area contributed by atoms with Crippen LogP contribution in [0.4, 0.5) is 0 Å². The van der Waals surface area contributed by atoms with Crippen LogP contribution in [0.5, 0.6) is 5.75 Å². The summed E-state index contributed by atoms with van der Waals surface area (Å²) < 4.78 is 10.3. The van der Waals surface area contributed by atoms with Gasteiger partial charge < -0.3 is 14.3 Å². The highest BCUT2D eigenvalue weighted by Gasteiger charge is 2.05. The standard InChI is InChI=1S/C11H11NO3/c1-14-9-4-2-8(3-5-9)10-6-12-11(7-13)15-10/h2-6,13H,7H2,1H3. The molecule has 0 saturated carbocycles. The minimum atomic E-state index is -0.184. The number of hydrogen-bond donors (Lipinski definition) is 1. The Balaban J connectivity index is 2.28. The molecule has 0 aliphatic carbocycles. The van der Waals surface area contributed by atoms with Crippen molar-refractivity contribution in [2.45, 2.75) is 6.61 Å². The van der Waals surface area contributed by atoms with Crippen LogP contribution in [0, 0.1) is 0 Å². The second kappa shape index (κ2) is 4.14. The number of aliphatic hydroxyl groups is 1. The first kappa shape index (κ1) is 9.73. The van der Waals surface area contributed by atoms with Crippen molar-refractivity contribution in [2.75, 3.05) is 7.11 Å². The third-order valence-electron chi connectivity index (χ3n) is 2.06. The number of ether oxygens (including phenoxy) is 1. The molecule has 1 heterocycles. The number of hydrogen-bond acceptors (Lipinski definition) is 4. The fourth-order valence-electron chi connectivity index (χ4n) is 1.27. The van der Waals surface area contributed by atoms with E-state index in [2.05, 4.69) is 4.98 Å². The Labute approximate surface area is 87.1 Å². The molecule has 4 nitrogen and oxygen atoms in total. The van der Waals surface area contributed by atoms with E-state index in [1.54, 1.807) is 13.3 Å². The molecule has 1 aromatic heterocycles. The molecule has 0 radical (unpaired) electrons. The molecule has 1 N–H and O–H groups in total. The van der Waals surface area contributed by atoms with E-state index < -0.39 is 0 Å². The van der Waals surface area contributed by atoms with Crippen LogP contribution >= 0.6 is 0 Å². The van der Waals surface area contributed by atoms with Gasteiger partial charge in [-0.1, -0.05) is 0 Å². The number of rotatable bonds is 3. The lowest BCUT2D eigenvalue weighted by Gasteiger charge is -1.99. The molecule has 0 bridgehead atoms. The van der Waals surface area contributed by atoms with Crippen molar-refractivity contribution in [3.8, 4) is 17.1 Å². The van der Waals surface area contributed by atoms with Crippen LogP contribution in [0.25, 0.3) is 11.3 Å². The first-order valence-electron chi connectivity index (χ1n) is 4.53. The van der Waals surface area contributed by atoms with Gasteiger partial charge in [0.1, 0.15) is 12.4 Å². The highest BCUT2D eigenvalue weighted by Crippen LogP contribution is 2.22. The second-order valence-electron chi connectivity index (χ2n) is 3.00. The van der Waals surface area contributed by atoms with Gasteiger partial charge in [-0.3, -0.25) is 0 Å². The lowest BCUT2D eigenvalue weighted by Crippen LogP contribution is -1.81. The molecule has 1 aromatic carbocycles. The van der Waals surface area contributed by atoms with E-state index in [0.29, 0.717) is 11.7 Å². The van der Waals surface area contributed by atoms with Crippen LogP contribution in [0.3, 0.4) is 0 Å². The normalized spacial score (nSPS) is 10.3. The summed E-state index contributed by atoms with van der Waals surface area (Å²) in [7, 11) is 1.62. The van der Waals surface area contributed by atoms with Crippen LogP contribution in [0.2, 0.25) is 0 Å². The van der Waals surface area contributed by atoms with Crippen molar-refractivity contribution in [3.63, 3.8) is 0 Å². The Bertz CT molecular complexity index is 433. The van der Waals surface area contributed by atoms with Gasteiger partial charge in [-0.05, 0) is 24.3 Å². The minimum Gasteiger partial charge on any atom is -0.497 e. The smallest absolute Gasteiger partial charge is 0.220 e. The zero-order valence-corrected chi connectivity index (χ0v) is 8.30. The van der Waals surface area contributed by atoms with Crippen LogP contribution in [-0.4, -0.2) is 17.2 Å². The molecule has 78 valence electrons. The first-order valence-corrected chi connectivity index (χ1v) is 4.53. The Kier molecular flexibility index (Phi) is 2.69. The van der Waals surface area contributed by atoms with Gasteiger partial charge in [0.05, 0.1) is 13.3 Å². The van der Waals surface area contributed by atoms with E-state index in [9.17, 15) is 0 Å². The summed E-state index contributed by atoms with van der Waals surface area (Å²) in [5, 5.41) is 8.80. The lowest BCUT2D eigenvalue weighted by molar-refractivity contribution is 0.241. The highest BCUT2D eigenvalue weighted by molar-refractivity contribution is 5.57. The molecule has 0 aliphatic rings. The third-order valence-corrected chi connectivity index (χ3v) is 2.06. The fourth-order valence-corrected chi connectivity index (χ4v) is 1.27. The zero-order chi connectivity index (χ0) is 10.7. The van der Waals surface area contributed by atoms with E-state index in [1.165, 1.54) is 0 Å². The van der Waals surface area contributed by atoms with Gasteiger partial charge in [-0.15, -0.1) is 0 Å². The van der Waals surface area contributed by atoms with E-state index in [-0.39, 0.29) is 6.61 Å². The fraction of sp³-hybridized carbons (Fsp3) is 0.182. The SMILES string of the molecule is COc1ccc(-c2cnc(CO)o2)cc1. The molecule has 0 fully saturated rings. The van der Waals surface area contributed by atoms with Crippen molar-refractivity contribution in [3.05, 3.63) is 36.4 Å². The average Bonchev–Trinajstić information content (AvgIpc) is 2.78. The van der Waals surface area contributed by atoms with Crippen LogP contribution < -0.4 is 4.74 Å². The predicted octanol–water partition coefficient (Wildman–Crippen LogP) is 1.84. The number of methoxy groups -OCH3 is 1. The van der Waals surface area contributed by atoms with Crippen LogP contribution in [-0.2, 0) is 6.61 Å². The highest BCUT2D eigenvalue weighted by atomic mass is 16.5. The lowest BCUT2D eigenvalue weighted by atomic mass is 10.2. The summed E-state index contributed by atoms with van der Waals surface area (Å²) in [6, 6.07) is 7.44. The summed E-state index contributed by atoms with van der Waals surface area (Å²) in [6.07, 6.45) is 1.59. The summed E-state index contributed by atoms with van der Waals surface area (Å²) in [5.74, 6) is 1.75. The topological polar surface area (TPSA) is 55.5 Å². The quantitative estimate of drug-likeness (QED) is 0.830. The molecule has 0 unspecified atom stereocenters. The number of aliphatic hydroxyl groups excluding tert-OH is 1. The summed E-state index contributed by atoms with van der Waals surface area (Å²) >= 11 is 0. The maximum absolute atomic E-state index is 8.80. The molecule has 2 aromatic rings. The number of nitrogens with zero attached hydrogens (tertiary/aromatic N) is 1. The molecule has 2 rings (SSSR count). The Morgan fingerprint density at radius 3 is 2.60 bits per heavy atom. The van der Waals surface area contributed by atoms with Gasteiger partial charge in [0.15, 0.2) is 5.76 Å². The van der Waals surface area contributed by atoms with E-state index >= 15 is 0 Å². The predicted molar refractivity (Wildman–Crippen MR) is 54.4 cm³/mol. The Morgan fingerprint density at radius 1 is 1.33 bits per heavy atom. The van der Waals surface area contributed by atoms with Gasteiger partial charge in [-0.25, -0.2) is 4.98 Å². The van der Waals surface area contributed by atoms with E-state index in [1.807, 2.05) is 24.3 Å². The zero-order valence-electron chi connectivity index (χ0n) is 8.30. The summed E-state index contributed by atoms with van der Waals surface area (Å²) in [5.41, 5.74) is 0.906. The molecule has 15 heavy (non-hydrogen) atoms. The number of oxazole rings is 1. The molecule has 4 heteroatoms. The van der Waals surface area contributed by atoms with Gasteiger partial charge in [-0.2, -0.15) is 0 Å². The van der Waals surface area contributed by atoms with Crippen molar-refractivity contribution in [1.82, 2.24) is 4.98 Å². The Hall–Kier alpha value is -1.81. The second-order valence-corrected chi connectivity index (χ2v) is 3.00. The van der Waals surface area contributed by atoms with Crippen LogP contribution in [0.15, 0.2) is 34.9 Å². The monoisotopic (exact) mass is 205 g/mol. The van der Waals surface area contributed by atoms with E-state index in [4.69, 9.17) is 14.3 Å². The molecule has 0 saturated heterocycles. The van der Waals surface area contributed by atoms with E-state index in [0.717, 1.165) is 11.3 Å². The number of aromatic nitrogens is 1. The first-order chi connectivity index (χ1) is 7.33. The molecule has 0 amide bonds. The average molecular weight is 205 g/mol. The van der Waals surface area contributed by atoms with Gasteiger partial charge in [0.25, 0.3) is 0 Å². The third kappa shape index (κ3) is 1.99. The Morgan fingerprint density at radius 2 is 2.07 bits per heavy atom. The maximum Gasteiger partial charge on any atom is 0.220 e. The van der Waals surface area contributed by atoms with Crippen molar-refractivity contribution >= 4 is 0 Å². The van der Waals surface area contributed by atoms with Crippen molar-refractivity contribution < 1.29 is 14.3 Å². The largest absolute Gasteiger partial charge is 0.497 e. The molecule has 0 aliphatic heterocycles. The maximum atomic E-state index is 8.80. The van der Waals surface area contributed by atoms with Crippen molar-refractivity contribution in [1.29, 1.82) is 0 Å². The van der Waals surface area contributed by atoms with Crippen molar-refractivity contribution in [2.24, 2.45) is 0 Å². The molecule has 0 atom stereocenters. The van der Waals surface area contributed by atoms with Gasteiger partial charge in [0.2, 0.25) is 5.89 Å². The molecular formula is C11H11NO3. The van der Waals surface area contributed by atoms with Gasteiger partial charge >= 0.3 is 0 Å². The molecular weight excluding hydrogens is 194 g/mol. The van der Waals surface area contributed by atoms with Crippen LogP contribution in [0.1, 0.15) is 5.89 Å².